The first-order chi connectivity index (χ1) is 8.50. The van der Waals surface area contributed by atoms with Crippen molar-refractivity contribution < 1.29 is 13.2 Å². The molecule has 1 atom stereocenters. The van der Waals surface area contributed by atoms with Gasteiger partial charge < -0.3 is 10.5 Å². The van der Waals surface area contributed by atoms with Gasteiger partial charge in [0, 0.05) is 6.42 Å². The van der Waals surface area contributed by atoms with Crippen molar-refractivity contribution in [3.05, 3.63) is 29.3 Å². The van der Waals surface area contributed by atoms with Crippen LogP contribution in [0.4, 0.5) is 0 Å². The van der Waals surface area contributed by atoms with Gasteiger partial charge in [0.2, 0.25) is 0 Å². The van der Waals surface area contributed by atoms with Gasteiger partial charge in [-0.1, -0.05) is 17.7 Å². The third kappa shape index (κ3) is 3.23. The van der Waals surface area contributed by atoms with Crippen molar-refractivity contribution in [1.82, 2.24) is 0 Å². The minimum Gasteiger partial charge on any atom is -0.489 e. The Morgan fingerprint density at radius 3 is 2.94 bits per heavy atom. The number of ether oxygens (including phenoxy) is 1. The Morgan fingerprint density at radius 2 is 2.22 bits per heavy atom. The second-order valence-electron chi connectivity index (χ2n) is 4.81. The van der Waals surface area contributed by atoms with E-state index in [1.54, 1.807) is 0 Å². The van der Waals surface area contributed by atoms with Gasteiger partial charge >= 0.3 is 0 Å². The molecule has 0 saturated heterocycles. The number of benzene rings is 1. The number of fused-ring (bicyclic) bond motifs is 1. The number of nitrogens with two attached hydrogens (primary N) is 1. The van der Waals surface area contributed by atoms with Gasteiger partial charge in [-0.2, -0.15) is 0 Å². The van der Waals surface area contributed by atoms with E-state index in [9.17, 15) is 8.42 Å². The average molecular weight is 269 g/mol. The van der Waals surface area contributed by atoms with Gasteiger partial charge in [0.05, 0.1) is 11.5 Å². The first-order valence-corrected chi connectivity index (χ1v) is 7.99. The maximum absolute atomic E-state index is 11.8. The Morgan fingerprint density at radius 1 is 1.44 bits per heavy atom. The smallest absolute Gasteiger partial charge is 0.154 e. The molecule has 2 rings (SSSR count). The first kappa shape index (κ1) is 13.4. The maximum Gasteiger partial charge on any atom is 0.154 e. The molecule has 1 aliphatic heterocycles. The quantitative estimate of drug-likeness (QED) is 0.868. The molecule has 4 nitrogen and oxygen atoms in total. The second-order valence-corrected chi connectivity index (χ2v) is 7.04. The van der Waals surface area contributed by atoms with Gasteiger partial charge in [-0.05, 0) is 31.5 Å². The van der Waals surface area contributed by atoms with Crippen LogP contribution in [0.15, 0.2) is 18.2 Å². The molecule has 1 aromatic rings. The van der Waals surface area contributed by atoms with Crippen LogP contribution in [0.2, 0.25) is 0 Å². The van der Waals surface area contributed by atoms with Crippen molar-refractivity contribution in [3.63, 3.8) is 0 Å². The van der Waals surface area contributed by atoms with Gasteiger partial charge in [0.1, 0.15) is 11.9 Å². The lowest BCUT2D eigenvalue weighted by molar-refractivity contribution is 0.256. The van der Waals surface area contributed by atoms with Crippen molar-refractivity contribution in [3.8, 4) is 5.75 Å². The monoisotopic (exact) mass is 269 g/mol. The lowest BCUT2D eigenvalue weighted by atomic mass is 10.1. The van der Waals surface area contributed by atoms with Crippen LogP contribution in [0.1, 0.15) is 17.5 Å². The molecule has 2 N–H and O–H groups in total. The zero-order valence-corrected chi connectivity index (χ0v) is 11.4. The molecule has 1 aromatic carbocycles. The zero-order chi connectivity index (χ0) is 13.2. The zero-order valence-electron chi connectivity index (χ0n) is 10.6. The summed E-state index contributed by atoms with van der Waals surface area (Å²) in [5.41, 5.74) is 7.61. The standard InChI is InChI=1S/C13H19NO3S/c1-10-3-4-13-11(7-10)8-12(17-13)9-18(15,16)6-2-5-14/h3-4,7,12H,2,5-6,8-9,14H2,1H3. The molecule has 1 unspecified atom stereocenters. The summed E-state index contributed by atoms with van der Waals surface area (Å²) in [7, 11) is -3.06. The van der Waals surface area contributed by atoms with Gasteiger partial charge in [-0.25, -0.2) is 8.42 Å². The lowest BCUT2D eigenvalue weighted by Gasteiger charge is -2.10. The number of aryl methyl sites for hydroxylation is 1. The molecule has 0 radical (unpaired) electrons. The largest absolute Gasteiger partial charge is 0.489 e. The normalized spacial score (nSPS) is 18.4. The number of sulfone groups is 1. The predicted octanol–water partition coefficient (Wildman–Crippen LogP) is 1.06. The Labute approximate surface area is 108 Å². The fourth-order valence-corrected chi connectivity index (χ4v) is 3.74. The van der Waals surface area contributed by atoms with E-state index in [-0.39, 0.29) is 17.6 Å². The second kappa shape index (κ2) is 5.28. The summed E-state index contributed by atoms with van der Waals surface area (Å²) in [6.07, 6.45) is 0.949. The molecule has 0 fully saturated rings. The van der Waals surface area contributed by atoms with Crippen LogP contribution in [0.25, 0.3) is 0 Å². The summed E-state index contributed by atoms with van der Waals surface area (Å²) in [4.78, 5) is 0. The first-order valence-electron chi connectivity index (χ1n) is 6.17. The SMILES string of the molecule is Cc1ccc2c(c1)CC(CS(=O)(=O)CCCN)O2. The number of rotatable bonds is 5. The van der Waals surface area contributed by atoms with Crippen molar-refractivity contribution in [2.24, 2.45) is 5.73 Å². The van der Waals surface area contributed by atoms with E-state index >= 15 is 0 Å². The van der Waals surface area contributed by atoms with Crippen LogP contribution < -0.4 is 10.5 Å². The molecule has 0 amide bonds. The van der Waals surface area contributed by atoms with E-state index in [0.29, 0.717) is 19.4 Å². The van der Waals surface area contributed by atoms with Crippen LogP contribution in [-0.2, 0) is 16.3 Å². The highest BCUT2D eigenvalue weighted by atomic mass is 32.2. The van der Waals surface area contributed by atoms with Gasteiger partial charge in [0.15, 0.2) is 9.84 Å². The highest BCUT2D eigenvalue weighted by molar-refractivity contribution is 7.91. The van der Waals surface area contributed by atoms with Crippen LogP contribution >= 0.6 is 0 Å². The van der Waals surface area contributed by atoms with Gasteiger partial charge in [0.25, 0.3) is 0 Å². The molecule has 0 aromatic heterocycles. The van der Waals surface area contributed by atoms with E-state index in [1.165, 1.54) is 5.56 Å². The number of hydrogen-bond acceptors (Lipinski definition) is 4. The highest BCUT2D eigenvalue weighted by Gasteiger charge is 2.27. The van der Waals surface area contributed by atoms with Gasteiger partial charge in [-0.15, -0.1) is 0 Å². The fourth-order valence-electron chi connectivity index (χ4n) is 2.21. The topological polar surface area (TPSA) is 69.4 Å². The average Bonchev–Trinajstić information content (AvgIpc) is 2.66. The van der Waals surface area contributed by atoms with Crippen molar-refractivity contribution in [2.45, 2.75) is 25.9 Å². The summed E-state index contributed by atoms with van der Waals surface area (Å²) < 4.78 is 29.3. The molecule has 0 spiro atoms. The Bertz CT molecular complexity index is 525. The third-order valence-electron chi connectivity index (χ3n) is 3.06. The Kier molecular flexibility index (Phi) is 3.92. The third-order valence-corrected chi connectivity index (χ3v) is 4.85. The van der Waals surface area contributed by atoms with Crippen LogP contribution in [0, 0.1) is 6.92 Å². The van der Waals surface area contributed by atoms with Crippen molar-refractivity contribution in [2.75, 3.05) is 18.1 Å². The maximum atomic E-state index is 11.8. The minimum absolute atomic E-state index is 0.0841. The molecular weight excluding hydrogens is 250 g/mol. The summed E-state index contributed by atoms with van der Waals surface area (Å²) in [5, 5.41) is 0. The Hall–Kier alpha value is -1.07. The summed E-state index contributed by atoms with van der Waals surface area (Å²) in [6, 6.07) is 5.95. The van der Waals surface area contributed by atoms with Gasteiger partial charge in [-0.3, -0.25) is 0 Å². The van der Waals surface area contributed by atoms with E-state index in [1.807, 2.05) is 19.1 Å². The molecule has 0 bridgehead atoms. The van der Waals surface area contributed by atoms with E-state index in [4.69, 9.17) is 10.5 Å². The highest BCUT2D eigenvalue weighted by Crippen LogP contribution is 2.30. The molecule has 5 heteroatoms. The lowest BCUT2D eigenvalue weighted by Crippen LogP contribution is -2.27. The van der Waals surface area contributed by atoms with Crippen molar-refractivity contribution >= 4 is 9.84 Å². The molecule has 1 aliphatic rings. The molecule has 0 saturated carbocycles. The summed E-state index contributed by atoms with van der Waals surface area (Å²) in [6.45, 7) is 2.43. The minimum atomic E-state index is -3.06. The van der Waals surface area contributed by atoms with E-state index < -0.39 is 9.84 Å². The molecular formula is C13H19NO3S. The van der Waals surface area contributed by atoms with Crippen LogP contribution in [0.5, 0.6) is 5.75 Å². The van der Waals surface area contributed by atoms with Crippen LogP contribution in [-0.4, -0.2) is 32.6 Å². The summed E-state index contributed by atoms with van der Waals surface area (Å²) in [5.74, 6) is 1.05. The molecule has 100 valence electrons. The Balaban J connectivity index is 1.99. The van der Waals surface area contributed by atoms with Crippen LogP contribution in [0.3, 0.4) is 0 Å². The van der Waals surface area contributed by atoms with E-state index in [2.05, 4.69) is 6.07 Å². The number of hydrogen-bond donors (Lipinski definition) is 1. The fraction of sp³-hybridized carbons (Fsp3) is 0.538. The summed E-state index contributed by atoms with van der Waals surface area (Å²) >= 11 is 0. The molecule has 18 heavy (non-hydrogen) atoms. The molecule has 1 heterocycles. The van der Waals surface area contributed by atoms with Crippen molar-refractivity contribution in [1.29, 1.82) is 0 Å². The van der Waals surface area contributed by atoms with E-state index in [0.717, 1.165) is 11.3 Å². The molecule has 0 aliphatic carbocycles. The predicted molar refractivity (Wildman–Crippen MR) is 71.6 cm³/mol.